The van der Waals surface area contributed by atoms with Crippen molar-refractivity contribution in [3.05, 3.63) is 59.9 Å². The molecule has 0 spiro atoms. The molecule has 0 amide bonds. The van der Waals surface area contributed by atoms with Crippen LogP contribution in [0.5, 0.6) is 0 Å². The molecule has 5 heteroatoms. The van der Waals surface area contributed by atoms with E-state index in [-0.39, 0.29) is 6.04 Å². The van der Waals surface area contributed by atoms with E-state index in [4.69, 9.17) is 0 Å². The lowest BCUT2D eigenvalue weighted by Crippen LogP contribution is -2.18. The SMILES string of the molecule is CC(NCc1ccc(S(C)(=O)=O)cc1)c1ccncc1. The van der Waals surface area contributed by atoms with Gasteiger partial charge in [-0.1, -0.05) is 12.1 Å². The normalized spacial score (nSPS) is 13.1. The molecule has 1 unspecified atom stereocenters. The van der Waals surface area contributed by atoms with Crippen LogP contribution in [0.4, 0.5) is 0 Å². The number of hydrogen-bond acceptors (Lipinski definition) is 4. The summed E-state index contributed by atoms with van der Waals surface area (Å²) in [7, 11) is -3.12. The monoisotopic (exact) mass is 290 g/mol. The van der Waals surface area contributed by atoms with Crippen LogP contribution in [0.3, 0.4) is 0 Å². The number of benzene rings is 1. The van der Waals surface area contributed by atoms with Gasteiger partial charge in [0.15, 0.2) is 9.84 Å². The molecule has 0 aliphatic rings. The van der Waals surface area contributed by atoms with Gasteiger partial charge in [-0.25, -0.2) is 8.42 Å². The maximum absolute atomic E-state index is 11.4. The lowest BCUT2D eigenvalue weighted by molar-refractivity contribution is 0.573. The van der Waals surface area contributed by atoms with Crippen LogP contribution in [-0.4, -0.2) is 19.7 Å². The summed E-state index contributed by atoms with van der Waals surface area (Å²) in [6, 6.07) is 11.1. The Bertz CT molecular complexity index is 652. The summed E-state index contributed by atoms with van der Waals surface area (Å²) < 4.78 is 22.7. The molecule has 0 aliphatic heterocycles. The molecule has 1 aromatic carbocycles. The van der Waals surface area contributed by atoms with Crippen molar-refractivity contribution in [3.8, 4) is 0 Å². The Morgan fingerprint density at radius 1 is 1.10 bits per heavy atom. The average Bonchev–Trinajstić information content (AvgIpc) is 2.45. The van der Waals surface area contributed by atoms with E-state index in [0.717, 1.165) is 5.56 Å². The third-order valence-corrected chi connectivity index (χ3v) is 4.30. The van der Waals surface area contributed by atoms with Crippen LogP contribution < -0.4 is 5.32 Å². The van der Waals surface area contributed by atoms with E-state index in [1.54, 1.807) is 24.5 Å². The molecule has 106 valence electrons. The first kappa shape index (κ1) is 14.7. The zero-order chi connectivity index (χ0) is 14.6. The van der Waals surface area contributed by atoms with E-state index in [9.17, 15) is 8.42 Å². The molecule has 0 radical (unpaired) electrons. The molecule has 0 fully saturated rings. The second-order valence-electron chi connectivity index (χ2n) is 4.80. The molecule has 2 rings (SSSR count). The highest BCUT2D eigenvalue weighted by Crippen LogP contribution is 2.13. The summed E-state index contributed by atoms with van der Waals surface area (Å²) in [5.74, 6) is 0. The molecule has 1 atom stereocenters. The molecule has 0 aliphatic carbocycles. The molecule has 2 aromatic rings. The predicted octanol–water partition coefficient (Wildman–Crippen LogP) is 2.34. The predicted molar refractivity (Wildman–Crippen MR) is 79.0 cm³/mol. The summed E-state index contributed by atoms with van der Waals surface area (Å²) in [6.07, 6.45) is 4.76. The van der Waals surface area contributed by atoms with Crippen molar-refractivity contribution < 1.29 is 8.42 Å². The molecule has 1 heterocycles. The summed E-state index contributed by atoms with van der Waals surface area (Å²) in [5.41, 5.74) is 2.23. The van der Waals surface area contributed by atoms with Gasteiger partial charge in [0.25, 0.3) is 0 Å². The largest absolute Gasteiger partial charge is 0.306 e. The summed E-state index contributed by atoms with van der Waals surface area (Å²) in [4.78, 5) is 4.34. The molecule has 0 saturated heterocycles. The van der Waals surface area contributed by atoms with Crippen molar-refractivity contribution >= 4 is 9.84 Å². The third kappa shape index (κ3) is 3.88. The molecular formula is C15H18N2O2S. The number of nitrogens with zero attached hydrogens (tertiary/aromatic N) is 1. The maximum Gasteiger partial charge on any atom is 0.175 e. The van der Waals surface area contributed by atoms with Crippen LogP contribution in [0.25, 0.3) is 0 Å². The van der Waals surface area contributed by atoms with Gasteiger partial charge in [-0.15, -0.1) is 0 Å². The highest BCUT2D eigenvalue weighted by Gasteiger charge is 2.07. The van der Waals surface area contributed by atoms with Gasteiger partial charge in [0.2, 0.25) is 0 Å². The quantitative estimate of drug-likeness (QED) is 0.918. The average molecular weight is 290 g/mol. The molecule has 0 bridgehead atoms. The lowest BCUT2D eigenvalue weighted by Gasteiger charge is -2.14. The summed E-state index contributed by atoms with van der Waals surface area (Å²) in [5, 5.41) is 3.40. The first-order valence-corrected chi connectivity index (χ1v) is 8.28. The molecule has 4 nitrogen and oxygen atoms in total. The Balaban J connectivity index is 1.98. The van der Waals surface area contributed by atoms with Crippen LogP contribution in [-0.2, 0) is 16.4 Å². The van der Waals surface area contributed by atoms with Gasteiger partial charge in [0, 0.05) is 31.2 Å². The molecule has 20 heavy (non-hydrogen) atoms. The van der Waals surface area contributed by atoms with Gasteiger partial charge in [-0.05, 0) is 42.3 Å². The van der Waals surface area contributed by atoms with Crippen molar-refractivity contribution in [2.45, 2.75) is 24.4 Å². The Kier molecular flexibility index (Phi) is 4.52. The van der Waals surface area contributed by atoms with Crippen molar-refractivity contribution in [1.29, 1.82) is 0 Å². The molecule has 1 N–H and O–H groups in total. The van der Waals surface area contributed by atoms with Gasteiger partial charge in [0.1, 0.15) is 0 Å². The number of nitrogens with one attached hydrogen (secondary N) is 1. The molecular weight excluding hydrogens is 272 g/mol. The van der Waals surface area contributed by atoms with Crippen LogP contribution in [0.1, 0.15) is 24.1 Å². The Labute approximate surface area is 119 Å². The fraction of sp³-hybridized carbons (Fsp3) is 0.267. The second kappa shape index (κ2) is 6.15. The summed E-state index contributed by atoms with van der Waals surface area (Å²) >= 11 is 0. The molecule has 0 saturated carbocycles. The smallest absolute Gasteiger partial charge is 0.175 e. The highest BCUT2D eigenvalue weighted by atomic mass is 32.2. The summed E-state index contributed by atoms with van der Waals surface area (Å²) in [6.45, 7) is 2.77. The van der Waals surface area contributed by atoms with Crippen LogP contribution in [0.15, 0.2) is 53.7 Å². The van der Waals surface area contributed by atoms with Crippen molar-refractivity contribution in [1.82, 2.24) is 10.3 Å². The zero-order valence-corrected chi connectivity index (χ0v) is 12.4. The first-order chi connectivity index (χ1) is 9.47. The lowest BCUT2D eigenvalue weighted by atomic mass is 10.1. The Morgan fingerprint density at radius 3 is 2.25 bits per heavy atom. The third-order valence-electron chi connectivity index (χ3n) is 3.17. The highest BCUT2D eigenvalue weighted by molar-refractivity contribution is 7.90. The number of hydrogen-bond donors (Lipinski definition) is 1. The topological polar surface area (TPSA) is 59.1 Å². The van der Waals surface area contributed by atoms with E-state index in [1.807, 2.05) is 24.3 Å². The fourth-order valence-electron chi connectivity index (χ4n) is 1.90. The van der Waals surface area contributed by atoms with Gasteiger partial charge < -0.3 is 5.32 Å². The van der Waals surface area contributed by atoms with Gasteiger partial charge in [0.05, 0.1) is 4.90 Å². The minimum atomic E-state index is -3.12. The van der Waals surface area contributed by atoms with Crippen LogP contribution in [0, 0.1) is 0 Å². The van der Waals surface area contributed by atoms with Crippen LogP contribution in [0.2, 0.25) is 0 Å². The Morgan fingerprint density at radius 2 is 1.70 bits per heavy atom. The number of pyridine rings is 1. The van der Waals surface area contributed by atoms with E-state index in [2.05, 4.69) is 17.2 Å². The maximum atomic E-state index is 11.4. The van der Waals surface area contributed by atoms with Gasteiger partial charge in [-0.2, -0.15) is 0 Å². The molecule has 1 aromatic heterocycles. The Hall–Kier alpha value is -1.72. The zero-order valence-electron chi connectivity index (χ0n) is 11.6. The minimum Gasteiger partial charge on any atom is -0.306 e. The van der Waals surface area contributed by atoms with Gasteiger partial charge in [-0.3, -0.25) is 4.98 Å². The van der Waals surface area contributed by atoms with Gasteiger partial charge >= 0.3 is 0 Å². The van der Waals surface area contributed by atoms with Crippen LogP contribution >= 0.6 is 0 Å². The van der Waals surface area contributed by atoms with E-state index in [1.165, 1.54) is 11.8 Å². The van der Waals surface area contributed by atoms with Crippen molar-refractivity contribution in [3.63, 3.8) is 0 Å². The van der Waals surface area contributed by atoms with E-state index in [0.29, 0.717) is 11.4 Å². The minimum absolute atomic E-state index is 0.215. The van der Waals surface area contributed by atoms with E-state index < -0.39 is 9.84 Å². The fourth-order valence-corrected chi connectivity index (χ4v) is 2.53. The van der Waals surface area contributed by atoms with E-state index >= 15 is 0 Å². The number of rotatable bonds is 5. The van der Waals surface area contributed by atoms with Crippen molar-refractivity contribution in [2.24, 2.45) is 0 Å². The number of sulfone groups is 1. The number of aromatic nitrogens is 1. The first-order valence-electron chi connectivity index (χ1n) is 6.39. The second-order valence-corrected chi connectivity index (χ2v) is 6.81. The standard InChI is InChI=1S/C15H18N2O2S/c1-12(14-7-9-16-10-8-14)17-11-13-3-5-15(6-4-13)20(2,18)19/h3-10,12,17H,11H2,1-2H3. The van der Waals surface area contributed by atoms with Crippen molar-refractivity contribution in [2.75, 3.05) is 6.26 Å².